The maximum Gasteiger partial charge on any atom is 0.153 e. The zero-order valence-corrected chi connectivity index (χ0v) is 14.6. The van der Waals surface area contributed by atoms with Crippen molar-refractivity contribution in [3.8, 4) is 0 Å². The Morgan fingerprint density at radius 2 is 1.39 bits per heavy atom. The fourth-order valence-corrected chi connectivity index (χ4v) is 5.47. The van der Waals surface area contributed by atoms with Crippen molar-refractivity contribution in [1.29, 1.82) is 0 Å². The van der Waals surface area contributed by atoms with Gasteiger partial charge in [0, 0.05) is 12.8 Å². The van der Waals surface area contributed by atoms with Crippen LogP contribution in [0.15, 0.2) is 0 Å². The summed E-state index contributed by atoms with van der Waals surface area (Å²) in [5, 5.41) is 17.4. The van der Waals surface area contributed by atoms with Crippen LogP contribution in [0.3, 0.4) is 0 Å². The second-order valence-corrected chi connectivity index (χ2v) is 8.72. The van der Waals surface area contributed by atoms with Crippen LogP contribution in [-0.4, -0.2) is 28.6 Å². The number of alkyl halides is 1. The van der Waals surface area contributed by atoms with E-state index >= 15 is 0 Å². The predicted octanol–water partition coefficient (Wildman–Crippen LogP) is 4.36. The lowest BCUT2D eigenvalue weighted by atomic mass is 9.68. The molecular weight excluding hydrogens is 291 g/mol. The van der Waals surface area contributed by atoms with Crippen LogP contribution in [0.5, 0.6) is 0 Å². The van der Waals surface area contributed by atoms with Crippen LogP contribution in [0.1, 0.15) is 83.5 Å². The summed E-state index contributed by atoms with van der Waals surface area (Å²) in [4.78, 5) is 0. The van der Waals surface area contributed by atoms with Crippen molar-refractivity contribution in [3.63, 3.8) is 0 Å². The first-order valence-electron chi connectivity index (χ1n) is 10.1. The normalized spacial score (nSPS) is 45.8. The SMILES string of the molecule is OC1CCC(C2CCC(CCC3CCC([OH2+])CC3)CC2F)CC1. The average molecular weight is 328 g/mol. The minimum absolute atomic E-state index is 0.125. The Labute approximate surface area is 140 Å². The summed E-state index contributed by atoms with van der Waals surface area (Å²) in [6, 6.07) is 0. The van der Waals surface area contributed by atoms with Crippen LogP contribution in [0.4, 0.5) is 4.39 Å². The average Bonchev–Trinajstić information content (AvgIpc) is 2.55. The van der Waals surface area contributed by atoms with E-state index in [0.717, 1.165) is 57.3 Å². The lowest BCUT2D eigenvalue weighted by Gasteiger charge is -2.39. The fraction of sp³-hybridized carbons (Fsp3) is 1.00. The number of rotatable bonds is 4. The first kappa shape index (κ1) is 17.7. The maximum atomic E-state index is 14.7. The van der Waals surface area contributed by atoms with Gasteiger partial charge >= 0.3 is 0 Å². The quantitative estimate of drug-likeness (QED) is 0.766. The number of hydrogen-bond acceptors (Lipinski definition) is 1. The summed E-state index contributed by atoms with van der Waals surface area (Å²) in [7, 11) is 0. The molecule has 3 atom stereocenters. The highest BCUT2D eigenvalue weighted by atomic mass is 19.1. The molecule has 0 bridgehead atoms. The highest BCUT2D eigenvalue weighted by Gasteiger charge is 2.37. The molecule has 0 spiro atoms. The second kappa shape index (κ2) is 8.29. The van der Waals surface area contributed by atoms with Crippen LogP contribution >= 0.6 is 0 Å². The molecule has 3 aliphatic carbocycles. The number of halogens is 1. The molecule has 3 fully saturated rings. The van der Waals surface area contributed by atoms with Gasteiger partial charge in [0.2, 0.25) is 0 Å². The minimum Gasteiger partial charge on any atom is -0.443 e. The largest absolute Gasteiger partial charge is 0.443 e. The molecular formula is C20H36FO2+. The lowest BCUT2D eigenvalue weighted by molar-refractivity contribution is 0.0323. The van der Waals surface area contributed by atoms with E-state index in [-0.39, 0.29) is 18.1 Å². The van der Waals surface area contributed by atoms with E-state index in [1.54, 1.807) is 0 Å². The number of aliphatic hydroxyl groups is 1. The van der Waals surface area contributed by atoms with Gasteiger partial charge in [-0.15, -0.1) is 0 Å². The van der Waals surface area contributed by atoms with Crippen LogP contribution in [0, 0.1) is 23.7 Å². The molecule has 0 heterocycles. The monoisotopic (exact) mass is 327 g/mol. The molecule has 3 N–H and O–H groups in total. The summed E-state index contributed by atoms with van der Waals surface area (Å²) in [5.74, 6) is 2.22. The first-order valence-corrected chi connectivity index (χ1v) is 10.1. The Kier molecular flexibility index (Phi) is 6.37. The summed E-state index contributed by atoms with van der Waals surface area (Å²) < 4.78 is 14.7. The van der Waals surface area contributed by atoms with Crippen LogP contribution in [0.25, 0.3) is 0 Å². The molecule has 0 aromatic heterocycles. The van der Waals surface area contributed by atoms with Gasteiger partial charge in [-0.25, -0.2) is 4.39 Å². The van der Waals surface area contributed by atoms with Crippen molar-refractivity contribution in [2.24, 2.45) is 23.7 Å². The molecule has 3 saturated carbocycles. The standard InChI is InChI=1S/C20H35FO2/c21-20-13-15(2-1-14-3-8-17(22)9-4-14)5-12-19(20)16-6-10-18(23)11-7-16/h14-20,22-23H,1-13H2/p+1. The summed E-state index contributed by atoms with van der Waals surface area (Å²) in [6.45, 7) is 0. The molecule has 0 saturated heterocycles. The third-order valence-corrected chi connectivity index (χ3v) is 7.11. The molecule has 2 nitrogen and oxygen atoms in total. The Morgan fingerprint density at radius 3 is 2.04 bits per heavy atom. The van der Waals surface area contributed by atoms with E-state index in [9.17, 15) is 9.50 Å². The predicted molar refractivity (Wildman–Crippen MR) is 92.3 cm³/mol. The Hall–Kier alpha value is -0.150. The number of aliphatic hydroxyl groups excluding tert-OH is 1. The van der Waals surface area contributed by atoms with Gasteiger partial charge in [-0.3, -0.25) is 0 Å². The summed E-state index contributed by atoms with van der Waals surface area (Å²) >= 11 is 0. The highest BCUT2D eigenvalue weighted by molar-refractivity contribution is 4.87. The van der Waals surface area contributed by atoms with Gasteiger partial charge < -0.3 is 10.2 Å². The molecule has 0 aromatic rings. The van der Waals surface area contributed by atoms with Crippen molar-refractivity contribution >= 4 is 0 Å². The van der Waals surface area contributed by atoms with Gasteiger partial charge in [-0.2, -0.15) is 0 Å². The molecule has 0 aliphatic heterocycles. The Bertz CT molecular complexity index is 346. The molecule has 23 heavy (non-hydrogen) atoms. The van der Waals surface area contributed by atoms with Gasteiger partial charge in [0.15, 0.2) is 6.10 Å². The van der Waals surface area contributed by atoms with Crippen LogP contribution in [0.2, 0.25) is 0 Å². The van der Waals surface area contributed by atoms with Gasteiger partial charge in [-0.1, -0.05) is 12.8 Å². The molecule has 0 radical (unpaired) electrons. The van der Waals surface area contributed by atoms with Crippen molar-refractivity contribution in [2.75, 3.05) is 0 Å². The van der Waals surface area contributed by atoms with E-state index in [1.807, 2.05) is 0 Å². The molecule has 0 amide bonds. The summed E-state index contributed by atoms with van der Waals surface area (Å²) in [5.41, 5.74) is 0. The topological polar surface area (TPSA) is 43.1 Å². The molecule has 3 rings (SSSR count). The van der Waals surface area contributed by atoms with Crippen molar-refractivity contribution in [3.05, 3.63) is 0 Å². The smallest absolute Gasteiger partial charge is 0.153 e. The molecule has 3 unspecified atom stereocenters. The summed E-state index contributed by atoms with van der Waals surface area (Å²) in [6.07, 6.45) is 13.5. The van der Waals surface area contributed by atoms with Crippen LogP contribution in [-0.2, 0) is 0 Å². The molecule has 3 heteroatoms. The van der Waals surface area contributed by atoms with Crippen molar-refractivity contribution in [2.45, 2.75) is 102 Å². The van der Waals surface area contributed by atoms with Gasteiger partial charge in [0.25, 0.3) is 0 Å². The molecule has 3 aliphatic rings. The fourth-order valence-electron chi connectivity index (χ4n) is 5.47. The van der Waals surface area contributed by atoms with Gasteiger partial charge in [0.05, 0.1) is 6.10 Å². The van der Waals surface area contributed by atoms with E-state index in [4.69, 9.17) is 5.11 Å². The third kappa shape index (κ3) is 4.92. The Morgan fingerprint density at radius 1 is 0.783 bits per heavy atom. The minimum atomic E-state index is -0.599. The second-order valence-electron chi connectivity index (χ2n) is 8.72. The Balaban J connectivity index is 1.38. The van der Waals surface area contributed by atoms with E-state index < -0.39 is 6.17 Å². The van der Waals surface area contributed by atoms with Gasteiger partial charge in [0.1, 0.15) is 6.17 Å². The van der Waals surface area contributed by atoms with Crippen molar-refractivity contribution in [1.82, 2.24) is 0 Å². The zero-order chi connectivity index (χ0) is 16.2. The highest BCUT2D eigenvalue weighted by Crippen LogP contribution is 2.43. The molecule has 0 aromatic carbocycles. The van der Waals surface area contributed by atoms with E-state index in [0.29, 0.717) is 11.8 Å². The van der Waals surface area contributed by atoms with E-state index in [2.05, 4.69) is 0 Å². The molecule has 134 valence electrons. The zero-order valence-electron chi connectivity index (χ0n) is 14.6. The first-order chi connectivity index (χ1) is 11.1. The lowest BCUT2D eigenvalue weighted by Crippen LogP contribution is -2.34. The number of hydrogen-bond donors (Lipinski definition) is 1. The maximum absolute atomic E-state index is 14.7. The van der Waals surface area contributed by atoms with Gasteiger partial charge in [-0.05, 0) is 81.5 Å². The van der Waals surface area contributed by atoms with Crippen LogP contribution < -0.4 is 0 Å². The van der Waals surface area contributed by atoms with E-state index in [1.165, 1.54) is 32.1 Å². The third-order valence-electron chi connectivity index (χ3n) is 7.11. The van der Waals surface area contributed by atoms with Crippen molar-refractivity contribution < 1.29 is 14.6 Å².